The monoisotopic (exact) mass is 445 g/mol. The van der Waals surface area contributed by atoms with E-state index in [1.165, 1.54) is 0 Å². The summed E-state index contributed by atoms with van der Waals surface area (Å²) in [4.78, 5) is 15.1. The zero-order chi connectivity index (χ0) is 23.4. The molecule has 4 rings (SSSR count). The number of rotatable bonds is 9. The van der Waals surface area contributed by atoms with Gasteiger partial charge in [-0.25, -0.2) is 0 Å². The summed E-state index contributed by atoms with van der Waals surface area (Å²) < 4.78 is 17.3. The molecular formula is C27H27NO5. The fraction of sp³-hybridized carbons (Fsp3) is 0.222. The lowest BCUT2D eigenvalue weighted by atomic mass is 10.0. The lowest BCUT2D eigenvalue weighted by Gasteiger charge is -2.16. The lowest BCUT2D eigenvalue weighted by molar-refractivity contribution is -0.136. The highest BCUT2D eigenvalue weighted by Crippen LogP contribution is 2.43. The van der Waals surface area contributed by atoms with E-state index in [4.69, 9.17) is 14.2 Å². The third-order valence-electron chi connectivity index (χ3n) is 5.68. The molecule has 0 spiro atoms. The topological polar surface area (TPSA) is 80.8 Å². The van der Waals surface area contributed by atoms with Crippen LogP contribution >= 0.6 is 0 Å². The first kappa shape index (κ1) is 22.3. The van der Waals surface area contributed by atoms with Gasteiger partial charge in [0.25, 0.3) is 0 Å². The zero-order valence-electron chi connectivity index (χ0n) is 19.0. The second-order valence-corrected chi connectivity index (χ2v) is 7.77. The van der Waals surface area contributed by atoms with Crippen molar-refractivity contribution in [2.75, 3.05) is 14.2 Å². The molecule has 0 saturated carbocycles. The number of benzene rings is 3. The molecule has 0 radical (unpaired) electrons. The predicted octanol–water partition coefficient (Wildman–Crippen LogP) is 5.62. The van der Waals surface area contributed by atoms with Gasteiger partial charge in [-0.15, -0.1) is 0 Å². The number of carboxylic acid groups (broad SMARTS) is 1. The van der Waals surface area contributed by atoms with Gasteiger partial charge in [-0.3, -0.25) is 4.79 Å². The molecule has 6 heteroatoms. The van der Waals surface area contributed by atoms with E-state index in [-0.39, 0.29) is 6.42 Å². The summed E-state index contributed by atoms with van der Waals surface area (Å²) in [6.45, 7) is 2.44. The highest BCUT2D eigenvalue weighted by molar-refractivity contribution is 5.94. The second-order valence-electron chi connectivity index (χ2n) is 7.77. The Morgan fingerprint density at radius 3 is 2.24 bits per heavy atom. The Kier molecular flexibility index (Phi) is 6.54. The number of hydrogen-bond acceptors (Lipinski definition) is 4. The van der Waals surface area contributed by atoms with Crippen LogP contribution in [0, 0.1) is 0 Å². The summed E-state index contributed by atoms with van der Waals surface area (Å²) in [5.41, 5.74) is 5.29. The van der Waals surface area contributed by atoms with Crippen LogP contribution in [0.3, 0.4) is 0 Å². The smallest absolute Gasteiger partial charge is 0.307 e. The van der Waals surface area contributed by atoms with E-state index in [0.29, 0.717) is 23.9 Å². The maximum atomic E-state index is 11.7. The minimum atomic E-state index is -0.888. The molecule has 3 aromatic carbocycles. The van der Waals surface area contributed by atoms with Crippen LogP contribution < -0.4 is 14.2 Å². The average molecular weight is 446 g/mol. The van der Waals surface area contributed by atoms with Gasteiger partial charge in [0.2, 0.25) is 5.75 Å². The summed E-state index contributed by atoms with van der Waals surface area (Å²) in [5.74, 6) is 0.626. The van der Waals surface area contributed by atoms with Crippen molar-refractivity contribution in [1.29, 1.82) is 0 Å². The standard InChI is InChI=1S/C27H27NO5/c1-4-17-10-11-22-20(12-17)21(15-25(29)30)26(28-22)19-13-23(31-2)27(24(14-19)32-3)33-16-18-8-6-5-7-9-18/h5-14,28H,4,15-16H2,1-3H3,(H,29,30). The molecule has 0 aliphatic carbocycles. The van der Waals surface area contributed by atoms with Gasteiger partial charge in [0, 0.05) is 16.5 Å². The van der Waals surface area contributed by atoms with Crippen LogP contribution in [-0.2, 0) is 24.2 Å². The van der Waals surface area contributed by atoms with Gasteiger partial charge < -0.3 is 24.3 Å². The Hall–Kier alpha value is -3.93. The van der Waals surface area contributed by atoms with Crippen molar-refractivity contribution in [1.82, 2.24) is 4.98 Å². The lowest BCUT2D eigenvalue weighted by Crippen LogP contribution is -2.02. The summed E-state index contributed by atoms with van der Waals surface area (Å²) in [5, 5.41) is 10.5. The highest BCUT2D eigenvalue weighted by atomic mass is 16.5. The number of nitrogens with one attached hydrogen (secondary N) is 1. The normalized spacial score (nSPS) is 10.9. The van der Waals surface area contributed by atoms with Crippen LogP contribution in [-0.4, -0.2) is 30.3 Å². The molecule has 0 unspecified atom stereocenters. The fourth-order valence-electron chi connectivity index (χ4n) is 3.99. The van der Waals surface area contributed by atoms with Crippen molar-refractivity contribution in [2.45, 2.75) is 26.4 Å². The number of aromatic amines is 1. The van der Waals surface area contributed by atoms with Crippen LogP contribution in [0.15, 0.2) is 60.7 Å². The molecule has 0 atom stereocenters. The summed E-state index contributed by atoms with van der Waals surface area (Å²) in [7, 11) is 3.15. The highest BCUT2D eigenvalue weighted by Gasteiger charge is 2.21. The first-order valence-electron chi connectivity index (χ1n) is 10.8. The molecule has 0 bridgehead atoms. The molecule has 0 fully saturated rings. The van der Waals surface area contributed by atoms with E-state index in [2.05, 4.69) is 24.0 Å². The average Bonchev–Trinajstić information content (AvgIpc) is 3.19. The van der Waals surface area contributed by atoms with Crippen LogP contribution in [0.25, 0.3) is 22.2 Å². The van der Waals surface area contributed by atoms with Gasteiger partial charge in [0.05, 0.1) is 26.3 Å². The Bertz CT molecular complexity index is 1250. The third-order valence-corrected chi connectivity index (χ3v) is 5.68. The van der Waals surface area contributed by atoms with Crippen molar-refractivity contribution in [3.8, 4) is 28.5 Å². The molecule has 170 valence electrons. The van der Waals surface area contributed by atoms with Crippen molar-refractivity contribution in [3.05, 3.63) is 77.4 Å². The van der Waals surface area contributed by atoms with E-state index in [9.17, 15) is 9.90 Å². The number of ether oxygens (including phenoxy) is 3. The number of aliphatic carboxylic acids is 1. The number of H-pyrrole nitrogens is 1. The number of fused-ring (bicyclic) bond motifs is 1. The van der Waals surface area contributed by atoms with E-state index in [0.717, 1.165) is 45.3 Å². The summed E-state index contributed by atoms with van der Waals surface area (Å²) >= 11 is 0. The quantitative estimate of drug-likeness (QED) is 0.349. The van der Waals surface area contributed by atoms with Crippen molar-refractivity contribution >= 4 is 16.9 Å². The third kappa shape index (κ3) is 4.65. The Balaban J connectivity index is 1.81. The Morgan fingerprint density at radius 1 is 0.939 bits per heavy atom. The molecule has 0 saturated heterocycles. The second kappa shape index (κ2) is 9.69. The van der Waals surface area contributed by atoms with Crippen LogP contribution in [0.4, 0.5) is 0 Å². The summed E-state index contributed by atoms with van der Waals surface area (Å²) in [6.07, 6.45) is 0.775. The summed E-state index contributed by atoms with van der Waals surface area (Å²) in [6, 6.07) is 19.6. The molecular weight excluding hydrogens is 418 g/mol. The number of aromatic nitrogens is 1. The first-order valence-corrected chi connectivity index (χ1v) is 10.8. The molecule has 33 heavy (non-hydrogen) atoms. The van der Waals surface area contributed by atoms with E-state index in [1.54, 1.807) is 14.2 Å². The molecule has 6 nitrogen and oxygen atoms in total. The van der Waals surface area contributed by atoms with E-state index < -0.39 is 5.97 Å². The van der Waals surface area contributed by atoms with Crippen LogP contribution in [0.1, 0.15) is 23.6 Å². The number of hydrogen-bond donors (Lipinski definition) is 2. The van der Waals surface area contributed by atoms with Gasteiger partial charge in [-0.05, 0) is 47.4 Å². The van der Waals surface area contributed by atoms with Crippen molar-refractivity contribution in [3.63, 3.8) is 0 Å². The van der Waals surface area contributed by atoms with Gasteiger partial charge in [-0.1, -0.05) is 43.3 Å². The maximum absolute atomic E-state index is 11.7. The van der Waals surface area contributed by atoms with Crippen molar-refractivity contribution < 1.29 is 24.1 Å². The number of carboxylic acids is 1. The van der Waals surface area contributed by atoms with Crippen LogP contribution in [0.2, 0.25) is 0 Å². The molecule has 2 N–H and O–H groups in total. The van der Waals surface area contributed by atoms with E-state index in [1.807, 2.05) is 48.5 Å². The fourth-order valence-corrected chi connectivity index (χ4v) is 3.99. The SMILES string of the molecule is CCc1ccc2[nH]c(-c3cc(OC)c(OCc4ccccc4)c(OC)c3)c(CC(=O)O)c2c1. The van der Waals surface area contributed by atoms with Crippen LogP contribution in [0.5, 0.6) is 17.2 Å². The van der Waals surface area contributed by atoms with E-state index >= 15 is 0 Å². The molecule has 0 amide bonds. The minimum absolute atomic E-state index is 0.0978. The molecule has 4 aromatic rings. The molecule has 0 aliphatic rings. The molecule has 1 aromatic heterocycles. The predicted molar refractivity (Wildman–Crippen MR) is 128 cm³/mol. The number of aryl methyl sites for hydroxylation is 1. The Morgan fingerprint density at radius 2 is 1.64 bits per heavy atom. The van der Waals surface area contributed by atoms with Gasteiger partial charge in [-0.2, -0.15) is 0 Å². The van der Waals surface area contributed by atoms with Gasteiger partial charge in [0.15, 0.2) is 11.5 Å². The largest absolute Gasteiger partial charge is 0.493 e. The van der Waals surface area contributed by atoms with Gasteiger partial charge >= 0.3 is 5.97 Å². The zero-order valence-corrected chi connectivity index (χ0v) is 19.0. The van der Waals surface area contributed by atoms with Gasteiger partial charge in [0.1, 0.15) is 6.61 Å². The van der Waals surface area contributed by atoms with Crippen molar-refractivity contribution in [2.24, 2.45) is 0 Å². The molecule has 1 heterocycles. The minimum Gasteiger partial charge on any atom is -0.493 e. The maximum Gasteiger partial charge on any atom is 0.307 e. The molecule has 0 aliphatic heterocycles. The first-order chi connectivity index (χ1) is 16.0. The number of carbonyl (C=O) groups is 1. The Labute approximate surface area is 192 Å². The number of methoxy groups -OCH3 is 2.